The lowest BCUT2D eigenvalue weighted by Crippen LogP contribution is -2.29. The van der Waals surface area contributed by atoms with Crippen LogP contribution in [0.3, 0.4) is 0 Å². The standard InChI is InChI=1S/C17H17N5O2/c1-21-15(23)9-8-14(20-21)22-10-4-7-13(22)16-18-12-6-3-2-5-11(12)17(24)19-16/h2-3,5-6,8-9,13H,4,7,10H2,1H3,(H,18,19,24). The summed E-state index contributed by atoms with van der Waals surface area (Å²) in [7, 11) is 1.63. The van der Waals surface area contributed by atoms with Gasteiger partial charge in [0.2, 0.25) is 0 Å². The van der Waals surface area contributed by atoms with E-state index in [1.165, 1.54) is 10.7 Å². The lowest BCUT2D eigenvalue weighted by Gasteiger charge is -2.25. The maximum absolute atomic E-state index is 12.3. The topological polar surface area (TPSA) is 83.9 Å². The van der Waals surface area contributed by atoms with Gasteiger partial charge in [0.05, 0.1) is 16.9 Å². The smallest absolute Gasteiger partial charge is 0.266 e. The maximum Gasteiger partial charge on any atom is 0.266 e. The Morgan fingerprint density at radius 1 is 1.17 bits per heavy atom. The van der Waals surface area contributed by atoms with Crippen molar-refractivity contribution in [3.05, 3.63) is 62.9 Å². The third-order valence-electron chi connectivity index (χ3n) is 4.44. The Morgan fingerprint density at radius 2 is 2.00 bits per heavy atom. The van der Waals surface area contributed by atoms with Crippen LogP contribution in [0.2, 0.25) is 0 Å². The molecule has 3 aromatic rings. The molecule has 0 radical (unpaired) electrons. The molecule has 4 rings (SSSR count). The second-order valence-corrected chi connectivity index (χ2v) is 5.97. The highest BCUT2D eigenvalue weighted by Crippen LogP contribution is 2.33. The Balaban J connectivity index is 1.79. The number of H-pyrrole nitrogens is 1. The Labute approximate surface area is 137 Å². The Kier molecular flexibility index (Phi) is 3.41. The van der Waals surface area contributed by atoms with Gasteiger partial charge in [-0.05, 0) is 31.0 Å². The third kappa shape index (κ3) is 2.38. The number of hydrogen-bond donors (Lipinski definition) is 1. The van der Waals surface area contributed by atoms with Crippen LogP contribution in [0.15, 0.2) is 46.0 Å². The number of anilines is 1. The first-order valence-electron chi connectivity index (χ1n) is 7.93. The van der Waals surface area contributed by atoms with Gasteiger partial charge in [0, 0.05) is 19.7 Å². The van der Waals surface area contributed by atoms with E-state index in [-0.39, 0.29) is 17.2 Å². The number of aromatic amines is 1. The molecule has 0 amide bonds. The molecule has 0 aliphatic carbocycles. The largest absolute Gasteiger partial charge is 0.345 e. The zero-order valence-corrected chi connectivity index (χ0v) is 13.3. The number of nitrogens with zero attached hydrogens (tertiary/aromatic N) is 4. The Hall–Kier alpha value is -2.96. The molecule has 1 fully saturated rings. The SMILES string of the molecule is Cn1nc(N2CCCC2c2nc3ccccc3c(=O)[nH]2)ccc1=O. The zero-order valence-electron chi connectivity index (χ0n) is 13.3. The number of benzene rings is 1. The van der Waals surface area contributed by atoms with Crippen molar-refractivity contribution < 1.29 is 0 Å². The highest BCUT2D eigenvalue weighted by molar-refractivity contribution is 5.77. The van der Waals surface area contributed by atoms with E-state index in [9.17, 15) is 9.59 Å². The summed E-state index contributed by atoms with van der Waals surface area (Å²) in [5, 5.41) is 4.91. The van der Waals surface area contributed by atoms with Crippen LogP contribution in [0, 0.1) is 0 Å². The van der Waals surface area contributed by atoms with Crippen molar-refractivity contribution in [2.75, 3.05) is 11.4 Å². The molecule has 7 heteroatoms. The fourth-order valence-corrected chi connectivity index (χ4v) is 3.23. The summed E-state index contributed by atoms with van der Waals surface area (Å²) in [6, 6.07) is 10.5. The molecule has 7 nitrogen and oxygen atoms in total. The van der Waals surface area contributed by atoms with E-state index in [1.807, 2.05) is 18.2 Å². The van der Waals surface area contributed by atoms with Gasteiger partial charge in [0.15, 0.2) is 0 Å². The van der Waals surface area contributed by atoms with Gasteiger partial charge in [-0.1, -0.05) is 12.1 Å². The Morgan fingerprint density at radius 3 is 2.83 bits per heavy atom. The Bertz CT molecular complexity index is 1020. The van der Waals surface area contributed by atoms with Gasteiger partial charge < -0.3 is 9.88 Å². The van der Waals surface area contributed by atoms with E-state index < -0.39 is 0 Å². The molecule has 1 atom stereocenters. The van der Waals surface area contributed by atoms with Gasteiger partial charge >= 0.3 is 0 Å². The van der Waals surface area contributed by atoms with E-state index in [0.29, 0.717) is 16.7 Å². The summed E-state index contributed by atoms with van der Waals surface area (Å²) in [5.74, 6) is 1.36. The molecule has 0 spiro atoms. The molecule has 1 aliphatic heterocycles. The fraction of sp³-hybridized carbons (Fsp3) is 0.294. The molecule has 1 unspecified atom stereocenters. The van der Waals surface area contributed by atoms with Crippen molar-refractivity contribution in [1.82, 2.24) is 19.7 Å². The van der Waals surface area contributed by atoms with Gasteiger partial charge in [-0.15, -0.1) is 0 Å². The molecule has 1 N–H and O–H groups in total. The summed E-state index contributed by atoms with van der Waals surface area (Å²) in [5.41, 5.74) is 0.416. The quantitative estimate of drug-likeness (QED) is 0.770. The molecule has 2 aromatic heterocycles. The normalized spacial score (nSPS) is 17.5. The fourth-order valence-electron chi connectivity index (χ4n) is 3.23. The van der Waals surface area contributed by atoms with E-state index in [1.54, 1.807) is 19.2 Å². The summed E-state index contributed by atoms with van der Waals surface area (Å²) in [6.45, 7) is 0.812. The lowest BCUT2D eigenvalue weighted by molar-refractivity contribution is 0.635. The van der Waals surface area contributed by atoms with Crippen LogP contribution in [-0.4, -0.2) is 26.3 Å². The lowest BCUT2D eigenvalue weighted by atomic mass is 10.2. The molecule has 0 bridgehead atoms. The predicted octanol–water partition coefficient (Wildman–Crippen LogP) is 1.36. The molecule has 1 aliphatic rings. The van der Waals surface area contributed by atoms with Crippen LogP contribution >= 0.6 is 0 Å². The minimum atomic E-state index is -0.147. The second-order valence-electron chi connectivity index (χ2n) is 5.97. The minimum Gasteiger partial charge on any atom is -0.345 e. The van der Waals surface area contributed by atoms with Gasteiger partial charge in [0.25, 0.3) is 11.1 Å². The van der Waals surface area contributed by atoms with Crippen LogP contribution in [0.1, 0.15) is 24.7 Å². The summed E-state index contributed by atoms with van der Waals surface area (Å²) >= 11 is 0. The van der Waals surface area contributed by atoms with Gasteiger partial charge in [-0.2, -0.15) is 5.10 Å². The highest BCUT2D eigenvalue weighted by Gasteiger charge is 2.29. The number of aromatic nitrogens is 4. The number of hydrogen-bond acceptors (Lipinski definition) is 5. The first-order valence-corrected chi connectivity index (χ1v) is 7.93. The number of rotatable bonds is 2. The van der Waals surface area contributed by atoms with E-state index in [4.69, 9.17) is 0 Å². The average molecular weight is 323 g/mol. The van der Waals surface area contributed by atoms with Crippen molar-refractivity contribution in [2.45, 2.75) is 18.9 Å². The first kappa shape index (κ1) is 14.6. The van der Waals surface area contributed by atoms with Crippen molar-refractivity contribution in [3.63, 3.8) is 0 Å². The van der Waals surface area contributed by atoms with Crippen LogP contribution in [0.25, 0.3) is 10.9 Å². The van der Waals surface area contributed by atoms with Crippen LogP contribution in [-0.2, 0) is 7.05 Å². The van der Waals surface area contributed by atoms with Crippen molar-refractivity contribution in [2.24, 2.45) is 7.05 Å². The third-order valence-corrected chi connectivity index (χ3v) is 4.44. The number of fused-ring (bicyclic) bond motifs is 1. The molecule has 1 saturated heterocycles. The first-order chi connectivity index (χ1) is 11.6. The number of nitrogens with one attached hydrogen (secondary N) is 1. The monoisotopic (exact) mass is 323 g/mol. The van der Waals surface area contributed by atoms with Crippen LogP contribution < -0.4 is 16.0 Å². The van der Waals surface area contributed by atoms with Crippen molar-refractivity contribution >= 4 is 16.7 Å². The average Bonchev–Trinajstić information content (AvgIpc) is 3.07. The summed E-state index contributed by atoms with van der Waals surface area (Å²) in [4.78, 5) is 33.5. The summed E-state index contributed by atoms with van der Waals surface area (Å²) < 4.78 is 1.32. The summed E-state index contributed by atoms with van der Waals surface area (Å²) in [6.07, 6.45) is 1.86. The number of aryl methyl sites for hydroxylation is 1. The molecule has 24 heavy (non-hydrogen) atoms. The van der Waals surface area contributed by atoms with E-state index >= 15 is 0 Å². The van der Waals surface area contributed by atoms with Crippen LogP contribution in [0.5, 0.6) is 0 Å². The molecular weight excluding hydrogens is 306 g/mol. The van der Waals surface area contributed by atoms with E-state index in [2.05, 4.69) is 20.0 Å². The maximum atomic E-state index is 12.3. The predicted molar refractivity (Wildman–Crippen MR) is 91.2 cm³/mol. The highest BCUT2D eigenvalue weighted by atomic mass is 16.1. The molecule has 0 saturated carbocycles. The zero-order chi connectivity index (χ0) is 16.7. The number of para-hydroxylation sites is 1. The second kappa shape index (κ2) is 5.59. The van der Waals surface area contributed by atoms with E-state index in [0.717, 1.165) is 25.2 Å². The van der Waals surface area contributed by atoms with Crippen molar-refractivity contribution in [3.8, 4) is 0 Å². The molecule has 122 valence electrons. The van der Waals surface area contributed by atoms with Crippen LogP contribution in [0.4, 0.5) is 5.82 Å². The van der Waals surface area contributed by atoms with Gasteiger partial charge in [-0.25, -0.2) is 9.67 Å². The molecular formula is C17H17N5O2. The van der Waals surface area contributed by atoms with Crippen molar-refractivity contribution in [1.29, 1.82) is 0 Å². The van der Waals surface area contributed by atoms with Gasteiger partial charge in [0.1, 0.15) is 11.6 Å². The molecule has 1 aromatic carbocycles. The minimum absolute atomic E-state index is 0.0488. The van der Waals surface area contributed by atoms with Gasteiger partial charge in [-0.3, -0.25) is 9.59 Å². The molecule has 3 heterocycles.